The highest BCUT2D eigenvalue weighted by molar-refractivity contribution is 5.65. The van der Waals surface area contributed by atoms with Crippen LogP contribution in [0, 0.1) is 0 Å². The number of carbonyl (C=O) groups is 1. The van der Waals surface area contributed by atoms with Gasteiger partial charge >= 0.3 is 6.09 Å². The van der Waals surface area contributed by atoms with Gasteiger partial charge in [-0.15, -0.1) is 0 Å². The molecule has 0 saturated heterocycles. The summed E-state index contributed by atoms with van der Waals surface area (Å²) in [6.45, 7) is 0.00125. The maximum Gasteiger partial charge on any atom is 0.407 e. The second kappa shape index (κ2) is 7.68. The number of hydrogen-bond donors (Lipinski definition) is 3. The summed E-state index contributed by atoms with van der Waals surface area (Å²) in [5, 5.41) is 27.2. The van der Waals surface area contributed by atoms with Gasteiger partial charge in [-0.25, -0.2) is 4.79 Å². The Morgan fingerprint density at radius 2 is 1.89 bits per heavy atom. The molecule has 5 heteroatoms. The van der Waals surface area contributed by atoms with Gasteiger partial charge in [0.2, 0.25) is 0 Å². The van der Waals surface area contributed by atoms with Crippen LogP contribution in [0.25, 0.3) is 0 Å². The third kappa shape index (κ3) is 4.35. The van der Waals surface area contributed by atoms with Crippen LogP contribution in [0.3, 0.4) is 0 Å². The Labute approximate surface area is 106 Å². The fourth-order valence-electron chi connectivity index (χ4n) is 1.81. The van der Waals surface area contributed by atoms with E-state index >= 15 is 0 Å². The van der Waals surface area contributed by atoms with Crippen molar-refractivity contribution in [2.45, 2.75) is 25.4 Å². The van der Waals surface area contributed by atoms with Crippen LogP contribution in [0.2, 0.25) is 0 Å². The summed E-state index contributed by atoms with van der Waals surface area (Å²) in [5.74, 6) is 0. The van der Waals surface area contributed by atoms with E-state index in [1.807, 2.05) is 30.3 Å². The lowest BCUT2D eigenvalue weighted by Gasteiger charge is -2.28. The smallest absolute Gasteiger partial charge is 0.407 e. The van der Waals surface area contributed by atoms with Crippen molar-refractivity contribution in [2.75, 3.05) is 13.2 Å². The van der Waals surface area contributed by atoms with Crippen LogP contribution in [0.1, 0.15) is 18.4 Å². The molecule has 0 spiro atoms. The van der Waals surface area contributed by atoms with E-state index in [-0.39, 0.29) is 19.8 Å². The average Bonchev–Trinajstić information content (AvgIpc) is 2.39. The van der Waals surface area contributed by atoms with E-state index in [1.165, 1.54) is 4.90 Å². The van der Waals surface area contributed by atoms with Gasteiger partial charge < -0.3 is 15.3 Å². The molecule has 100 valence electrons. The number of rotatable bonds is 7. The Bertz CT molecular complexity index is 355. The third-order valence-electron chi connectivity index (χ3n) is 2.79. The number of aliphatic hydroxyl groups excluding tert-OH is 2. The second-order valence-electron chi connectivity index (χ2n) is 4.10. The minimum absolute atomic E-state index is 0.00467. The molecule has 1 rings (SSSR count). The first-order valence-corrected chi connectivity index (χ1v) is 5.94. The number of carboxylic acid groups (broad SMARTS) is 1. The number of aliphatic hydroxyl groups is 2. The molecule has 1 aromatic carbocycles. The molecule has 1 atom stereocenters. The van der Waals surface area contributed by atoms with Crippen molar-refractivity contribution in [3.8, 4) is 0 Å². The van der Waals surface area contributed by atoms with Crippen molar-refractivity contribution < 1.29 is 20.1 Å². The van der Waals surface area contributed by atoms with Crippen molar-refractivity contribution in [1.29, 1.82) is 0 Å². The highest BCUT2D eigenvalue weighted by atomic mass is 16.4. The lowest BCUT2D eigenvalue weighted by atomic mass is 10.1. The summed E-state index contributed by atoms with van der Waals surface area (Å²) in [6.07, 6.45) is -0.133. The van der Waals surface area contributed by atoms with E-state index in [0.717, 1.165) is 5.56 Å². The molecule has 0 aliphatic rings. The Morgan fingerprint density at radius 1 is 1.22 bits per heavy atom. The Kier molecular flexibility index (Phi) is 6.18. The molecule has 0 saturated carbocycles. The van der Waals surface area contributed by atoms with E-state index in [4.69, 9.17) is 5.11 Å². The van der Waals surface area contributed by atoms with E-state index in [2.05, 4.69) is 0 Å². The Hall–Kier alpha value is -1.59. The topological polar surface area (TPSA) is 81.0 Å². The van der Waals surface area contributed by atoms with Gasteiger partial charge in [0.15, 0.2) is 0 Å². The standard InChI is InChI=1S/C13H19NO4/c15-8-4-7-12(10-16)14(13(17)18)9-11-5-2-1-3-6-11/h1-3,5-6,12,15-16H,4,7-10H2,(H,17,18)/t12-/m1/s1. The normalized spacial score (nSPS) is 12.1. The molecule has 0 radical (unpaired) electrons. The minimum Gasteiger partial charge on any atom is -0.465 e. The SMILES string of the molecule is O=C(O)N(Cc1ccccc1)[C@@H](CO)CCCO. The summed E-state index contributed by atoms with van der Waals surface area (Å²) >= 11 is 0. The zero-order valence-corrected chi connectivity index (χ0v) is 10.2. The molecule has 1 amide bonds. The maximum absolute atomic E-state index is 11.2. The van der Waals surface area contributed by atoms with Crippen molar-refractivity contribution in [3.63, 3.8) is 0 Å². The highest BCUT2D eigenvalue weighted by Gasteiger charge is 2.22. The third-order valence-corrected chi connectivity index (χ3v) is 2.79. The van der Waals surface area contributed by atoms with Crippen LogP contribution in [0.15, 0.2) is 30.3 Å². The van der Waals surface area contributed by atoms with Crippen molar-refractivity contribution in [1.82, 2.24) is 4.90 Å². The predicted octanol–water partition coefficient (Wildman–Crippen LogP) is 1.30. The summed E-state index contributed by atoms with van der Waals surface area (Å²) in [5.41, 5.74) is 0.877. The van der Waals surface area contributed by atoms with Crippen LogP contribution < -0.4 is 0 Å². The molecule has 0 aliphatic heterocycles. The molecule has 0 heterocycles. The largest absolute Gasteiger partial charge is 0.465 e. The molecule has 0 bridgehead atoms. The van der Waals surface area contributed by atoms with Crippen molar-refractivity contribution in [3.05, 3.63) is 35.9 Å². The van der Waals surface area contributed by atoms with Crippen LogP contribution in [0.5, 0.6) is 0 Å². The van der Waals surface area contributed by atoms with E-state index in [0.29, 0.717) is 12.8 Å². The van der Waals surface area contributed by atoms with Crippen LogP contribution in [-0.2, 0) is 6.54 Å². The summed E-state index contributed by atoms with van der Waals surface area (Å²) in [6, 6.07) is 8.76. The van der Waals surface area contributed by atoms with Crippen LogP contribution in [-0.4, -0.2) is 45.6 Å². The molecular formula is C13H19NO4. The lowest BCUT2D eigenvalue weighted by Crippen LogP contribution is -2.41. The first-order chi connectivity index (χ1) is 8.69. The zero-order valence-electron chi connectivity index (χ0n) is 10.2. The van der Waals surface area contributed by atoms with Gasteiger partial charge in [0.1, 0.15) is 0 Å². The van der Waals surface area contributed by atoms with E-state index < -0.39 is 12.1 Å². The molecule has 5 nitrogen and oxygen atoms in total. The van der Waals surface area contributed by atoms with Gasteiger partial charge in [-0.2, -0.15) is 0 Å². The lowest BCUT2D eigenvalue weighted by molar-refractivity contribution is 0.0860. The molecular weight excluding hydrogens is 234 g/mol. The first-order valence-electron chi connectivity index (χ1n) is 5.94. The summed E-state index contributed by atoms with van der Waals surface area (Å²) < 4.78 is 0. The summed E-state index contributed by atoms with van der Waals surface area (Å²) in [7, 11) is 0. The molecule has 0 aromatic heterocycles. The number of benzene rings is 1. The first kappa shape index (κ1) is 14.5. The fourth-order valence-corrected chi connectivity index (χ4v) is 1.81. The van der Waals surface area contributed by atoms with Crippen LogP contribution in [0.4, 0.5) is 4.79 Å². The Morgan fingerprint density at radius 3 is 2.39 bits per heavy atom. The minimum atomic E-state index is -1.06. The van der Waals surface area contributed by atoms with Gasteiger partial charge in [-0.1, -0.05) is 30.3 Å². The molecule has 0 aliphatic carbocycles. The van der Waals surface area contributed by atoms with Gasteiger partial charge in [0.25, 0.3) is 0 Å². The molecule has 0 unspecified atom stereocenters. The quantitative estimate of drug-likeness (QED) is 0.684. The molecule has 0 fully saturated rings. The molecule has 3 N–H and O–H groups in total. The van der Waals surface area contributed by atoms with Crippen molar-refractivity contribution in [2.24, 2.45) is 0 Å². The maximum atomic E-state index is 11.2. The van der Waals surface area contributed by atoms with Crippen LogP contribution >= 0.6 is 0 Å². The van der Waals surface area contributed by atoms with Gasteiger partial charge in [0.05, 0.1) is 12.6 Å². The predicted molar refractivity (Wildman–Crippen MR) is 67.2 cm³/mol. The highest BCUT2D eigenvalue weighted by Crippen LogP contribution is 2.12. The van der Waals surface area contributed by atoms with Gasteiger partial charge in [-0.3, -0.25) is 4.90 Å². The van der Waals surface area contributed by atoms with E-state index in [9.17, 15) is 15.0 Å². The summed E-state index contributed by atoms with van der Waals surface area (Å²) in [4.78, 5) is 12.4. The van der Waals surface area contributed by atoms with E-state index in [1.54, 1.807) is 0 Å². The fraction of sp³-hybridized carbons (Fsp3) is 0.462. The second-order valence-corrected chi connectivity index (χ2v) is 4.10. The average molecular weight is 253 g/mol. The van der Waals surface area contributed by atoms with Gasteiger partial charge in [-0.05, 0) is 18.4 Å². The zero-order chi connectivity index (χ0) is 13.4. The van der Waals surface area contributed by atoms with Crippen molar-refractivity contribution >= 4 is 6.09 Å². The van der Waals surface area contributed by atoms with Gasteiger partial charge in [0, 0.05) is 13.2 Å². The monoisotopic (exact) mass is 253 g/mol. The molecule has 18 heavy (non-hydrogen) atoms. The number of amides is 1. The molecule has 1 aromatic rings. The Balaban J connectivity index is 2.71. The number of nitrogens with zero attached hydrogens (tertiary/aromatic N) is 1. The number of hydrogen-bond acceptors (Lipinski definition) is 3.